The molecule has 1 nitrogen and oxygen atoms in total. The van der Waals surface area contributed by atoms with Crippen molar-refractivity contribution in [3.8, 4) is 33.4 Å². The van der Waals surface area contributed by atoms with Crippen LogP contribution in [0.1, 0.15) is 44.5 Å². The molecule has 3 heteroatoms. The predicted molar refractivity (Wildman–Crippen MR) is 278 cm³/mol. The predicted octanol–water partition coefficient (Wildman–Crippen LogP) is 16.7. The van der Waals surface area contributed by atoms with Crippen LogP contribution in [0, 0.1) is 0 Å². The van der Waals surface area contributed by atoms with Gasteiger partial charge in [0.1, 0.15) is 0 Å². The van der Waals surface area contributed by atoms with Gasteiger partial charge in [-0.3, -0.25) is 0 Å². The fourth-order valence-corrected chi connectivity index (χ4v) is 13.9. The highest BCUT2D eigenvalue weighted by Crippen LogP contribution is 2.59. The molecule has 13 rings (SSSR count). The second kappa shape index (κ2) is 15.7. The van der Waals surface area contributed by atoms with Gasteiger partial charge in [0.25, 0.3) is 0 Å². The second-order valence-corrected chi connectivity index (χ2v) is 19.9. The van der Waals surface area contributed by atoms with Crippen molar-refractivity contribution in [1.29, 1.82) is 0 Å². The summed E-state index contributed by atoms with van der Waals surface area (Å²) < 4.78 is 0. The Kier molecular flexibility index (Phi) is 9.30. The minimum absolute atomic E-state index is 0.476. The zero-order valence-electron chi connectivity index (χ0n) is 36.1. The molecule has 0 unspecified atom stereocenters. The lowest BCUT2D eigenvalue weighted by atomic mass is 9.67. The number of hydrogen-bond acceptors (Lipinski definition) is 3. The van der Waals surface area contributed by atoms with E-state index in [0.717, 1.165) is 22.1 Å². The third-order valence-electron chi connectivity index (χ3n) is 14.2. The van der Waals surface area contributed by atoms with Crippen LogP contribution >= 0.6 is 23.5 Å². The summed E-state index contributed by atoms with van der Waals surface area (Å²) in [6.45, 7) is 0. The average Bonchev–Trinajstić information content (AvgIpc) is 4.08. The Morgan fingerprint density at radius 3 is 1.30 bits per heavy atom. The summed E-state index contributed by atoms with van der Waals surface area (Å²) in [5, 5.41) is 1.08. The van der Waals surface area contributed by atoms with Gasteiger partial charge in [-0.2, -0.15) is 0 Å². The molecule has 0 saturated heterocycles. The van der Waals surface area contributed by atoms with E-state index in [4.69, 9.17) is 0 Å². The fraction of sp³-hybridized carbons (Fsp3) is 0.0476. The Morgan fingerprint density at radius 2 is 0.712 bits per heavy atom. The van der Waals surface area contributed by atoms with Crippen molar-refractivity contribution in [1.82, 2.24) is 0 Å². The summed E-state index contributed by atoms with van der Waals surface area (Å²) >= 11 is 3.87. The van der Waals surface area contributed by atoms with Gasteiger partial charge >= 0.3 is 0 Å². The van der Waals surface area contributed by atoms with Crippen LogP contribution in [0.3, 0.4) is 0 Å². The van der Waals surface area contributed by atoms with E-state index in [-0.39, 0.29) is 0 Å². The largest absolute Gasteiger partial charge is 0.310 e. The highest BCUT2D eigenvalue weighted by molar-refractivity contribution is 8.18. The molecule has 1 aliphatic heterocycles. The van der Waals surface area contributed by atoms with Gasteiger partial charge in [0.05, 0.1) is 10.8 Å². The number of fused-ring (bicyclic) bond motifs is 7. The number of thioether (sulfide) groups is 2. The highest BCUT2D eigenvalue weighted by Gasteiger charge is 2.48. The molecule has 66 heavy (non-hydrogen) atoms. The number of benzene rings is 10. The van der Waals surface area contributed by atoms with Crippen LogP contribution in [0.4, 0.5) is 17.1 Å². The minimum atomic E-state index is -0.522. The van der Waals surface area contributed by atoms with E-state index in [9.17, 15) is 0 Å². The Balaban J connectivity index is 1.05. The molecular formula is C63H43NS2. The summed E-state index contributed by atoms with van der Waals surface area (Å²) in [5.74, 6) is 0. The normalized spacial score (nSPS) is 14.4. The Hall–Kier alpha value is -7.30. The molecule has 312 valence electrons. The molecule has 0 fully saturated rings. The molecule has 0 N–H and O–H groups in total. The van der Waals surface area contributed by atoms with Gasteiger partial charge in [0, 0.05) is 31.9 Å². The first kappa shape index (κ1) is 39.1. The van der Waals surface area contributed by atoms with Crippen molar-refractivity contribution >= 4 is 40.6 Å². The van der Waals surface area contributed by atoms with Crippen molar-refractivity contribution < 1.29 is 0 Å². The minimum Gasteiger partial charge on any atom is -0.310 e. The van der Waals surface area contributed by atoms with Crippen molar-refractivity contribution in [2.75, 3.05) is 9.98 Å². The van der Waals surface area contributed by atoms with E-state index >= 15 is 0 Å². The maximum absolute atomic E-state index is 2.48. The molecule has 0 radical (unpaired) electrons. The molecule has 1 heterocycles. The third-order valence-corrected chi connectivity index (χ3v) is 16.6. The lowest BCUT2D eigenvalue weighted by Gasteiger charge is -2.35. The first-order valence-electron chi connectivity index (χ1n) is 22.7. The van der Waals surface area contributed by atoms with Crippen LogP contribution < -0.4 is 4.90 Å². The number of rotatable bonds is 8. The molecule has 10 aromatic carbocycles. The second-order valence-electron chi connectivity index (χ2n) is 17.5. The van der Waals surface area contributed by atoms with Crippen molar-refractivity contribution in [3.05, 3.63) is 293 Å². The highest BCUT2D eigenvalue weighted by atomic mass is 32.2. The topological polar surface area (TPSA) is 3.24 Å². The van der Waals surface area contributed by atoms with E-state index in [1.165, 1.54) is 87.7 Å². The molecule has 2 aliphatic carbocycles. The van der Waals surface area contributed by atoms with Crippen molar-refractivity contribution in [3.63, 3.8) is 0 Å². The van der Waals surface area contributed by atoms with Gasteiger partial charge < -0.3 is 4.90 Å². The average molecular weight is 878 g/mol. The summed E-state index contributed by atoms with van der Waals surface area (Å²) in [6, 6.07) is 93.0. The van der Waals surface area contributed by atoms with Crippen LogP contribution in [-0.2, 0) is 10.8 Å². The van der Waals surface area contributed by atoms with Gasteiger partial charge in [-0.25, -0.2) is 0 Å². The smallest absolute Gasteiger partial charge is 0.0714 e. The Bertz CT molecular complexity index is 3360. The zero-order chi connectivity index (χ0) is 43.7. The molecule has 0 aromatic heterocycles. The van der Waals surface area contributed by atoms with E-state index in [1.54, 1.807) is 0 Å². The lowest BCUT2D eigenvalue weighted by Crippen LogP contribution is -2.28. The van der Waals surface area contributed by atoms with Crippen LogP contribution in [-0.4, -0.2) is 5.08 Å². The zero-order valence-corrected chi connectivity index (χ0v) is 37.8. The standard InChI is InChI=1S/C63H43NS2/c1-5-17-45(18-6-1)62(46-19-7-2-8-20-46)57-28-16-14-26-53(57)55-40-50(35-37-58(55)62)64(49-32-29-43(30-33-49)44-31-38-60-61(39-44)66-42-65-60)51-34-36-54-52-25-13-15-27-56(52)63(59(54)41-51,47-21-9-3-10-22-47)48-23-11-4-12-24-48/h1-41H,42H2. The summed E-state index contributed by atoms with van der Waals surface area (Å²) in [5.41, 5.74) is 20.1. The van der Waals surface area contributed by atoms with Gasteiger partial charge in [0.2, 0.25) is 0 Å². The summed E-state index contributed by atoms with van der Waals surface area (Å²) in [4.78, 5) is 5.24. The molecular weight excluding hydrogens is 835 g/mol. The Labute approximate surface area is 395 Å². The van der Waals surface area contributed by atoms with E-state index < -0.39 is 10.8 Å². The van der Waals surface area contributed by atoms with Gasteiger partial charge in [0.15, 0.2) is 0 Å². The van der Waals surface area contributed by atoms with Crippen LogP contribution in [0.15, 0.2) is 259 Å². The Morgan fingerprint density at radius 1 is 0.288 bits per heavy atom. The summed E-state index contributed by atoms with van der Waals surface area (Å²) in [6.07, 6.45) is 0. The SMILES string of the molecule is c1ccc(C2(c3ccccc3)c3ccccc3-c3cc(N(c4ccc(-c5ccc6c(c5)SCS6)cc4)c4ccc5c(c4)C(c4ccccc4)(c4ccccc4)c4ccccc4-5)ccc32)cc1. The van der Waals surface area contributed by atoms with Crippen molar-refractivity contribution in [2.45, 2.75) is 20.6 Å². The maximum atomic E-state index is 2.48. The molecule has 0 bridgehead atoms. The quantitative estimate of drug-likeness (QED) is 0.150. The van der Waals surface area contributed by atoms with Gasteiger partial charge in [-0.15, -0.1) is 23.5 Å². The van der Waals surface area contributed by atoms with Crippen LogP contribution in [0.25, 0.3) is 33.4 Å². The van der Waals surface area contributed by atoms with E-state index in [2.05, 4.69) is 254 Å². The first-order valence-corrected chi connectivity index (χ1v) is 24.7. The third kappa shape index (κ3) is 5.83. The number of nitrogens with zero attached hydrogens (tertiary/aromatic N) is 1. The molecule has 0 spiro atoms. The maximum Gasteiger partial charge on any atom is 0.0714 e. The first-order chi connectivity index (χ1) is 32.7. The van der Waals surface area contributed by atoms with Gasteiger partial charge in [-0.05, 0) is 126 Å². The number of hydrogen-bond donors (Lipinski definition) is 0. The molecule has 3 aliphatic rings. The van der Waals surface area contributed by atoms with Crippen molar-refractivity contribution in [2.24, 2.45) is 0 Å². The molecule has 10 aromatic rings. The molecule has 0 amide bonds. The monoisotopic (exact) mass is 877 g/mol. The van der Waals surface area contributed by atoms with Crippen LogP contribution in [0.2, 0.25) is 0 Å². The number of anilines is 3. The van der Waals surface area contributed by atoms with Crippen LogP contribution in [0.5, 0.6) is 0 Å². The van der Waals surface area contributed by atoms with Gasteiger partial charge in [-0.1, -0.05) is 200 Å². The molecule has 0 atom stereocenters. The van der Waals surface area contributed by atoms with E-state index in [0.29, 0.717) is 0 Å². The van der Waals surface area contributed by atoms with E-state index in [1.807, 2.05) is 23.5 Å². The summed E-state index contributed by atoms with van der Waals surface area (Å²) in [7, 11) is 0. The lowest BCUT2D eigenvalue weighted by molar-refractivity contribution is 0.768. The fourth-order valence-electron chi connectivity index (χ4n) is 11.5. The molecule has 0 saturated carbocycles.